The molecule has 2 aromatic rings. The average molecular weight is 295 g/mol. The van der Waals surface area contributed by atoms with Crippen molar-refractivity contribution >= 4 is 22.8 Å². The van der Waals surface area contributed by atoms with E-state index in [9.17, 15) is 0 Å². The van der Waals surface area contributed by atoms with Crippen LogP contribution in [0.15, 0.2) is 12.3 Å². The molecular formula is C15H23ClN4. The van der Waals surface area contributed by atoms with Gasteiger partial charge in [-0.15, -0.1) is 11.6 Å². The van der Waals surface area contributed by atoms with Crippen LogP contribution in [0.3, 0.4) is 0 Å². The Morgan fingerprint density at radius 2 is 2.20 bits per heavy atom. The third-order valence-electron chi connectivity index (χ3n) is 3.94. The van der Waals surface area contributed by atoms with Gasteiger partial charge in [0.2, 0.25) is 0 Å². The zero-order chi connectivity index (χ0) is 14.7. The normalized spacial score (nSPS) is 13.3. The molecule has 0 spiro atoms. The zero-order valence-electron chi connectivity index (χ0n) is 12.7. The first-order valence-electron chi connectivity index (χ1n) is 7.14. The van der Waals surface area contributed by atoms with Crippen LogP contribution >= 0.6 is 11.6 Å². The molecule has 110 valence electrons. The van der Waals surface area contributed by atoms with Gasteiger partial charge in [-0.05, 0) is 38.9 Å². The van der Waals surface area contributed by atoms with Crippen molar-refractivity contribution in [2.45, 2.75) is 45.7 Å². The summed E-state index contributed by atoms with van der Waals surface area (Å²) >= 11 is 6.02. The second kappa shape index (κ2) is 6.55. The molecule has 0 amide bonds. The number of likely N-dealkylation sites (N-methyl/N-ethyl adjacent to an activating group) is 1. The molecule has 0 saturated carbocycles. The van der Waals surface area contributed by atoms with Crippen molar-refractivity contribution in [2.24, 2.45) is 0 Å². The number of hydrogen-bond donors (Lipinski definition) is 0. The van der Waals surface area contributed by atoms with Gasteiger partial charge in [-0.2, -0.15) is 0 Å². The second-order valence-electron chi connectivity index (χ2n) is 5.41. The summed E-state index contributed by atoms with van der Waals surface area (Å²) in [7, 11) is 2.16. The molecule has 0 bridgehead atoms. The fourth-order valence-corrected chi connectivity index (χ4v) is 2.49. The summed E-state index contributed by atoms with van der Waals surface area (Å²) in [6.45, 7) is 8.33. The molecule has 1 unspecified atom stereocenters. The smallest absolute Gasteiger partial charge is 0.160 e. The van der Waals surface area contributed by atoms with Crippen LogP contribution in [-0.4, -0.2) is 39.1 Å². The molecule has 0 N–H and O–H groups in total. The van der Waals surface area contributed by atoms with Gasteiger partial charge in [-0.25, -0.2) is 9.97 Å². The van der Waals surface area contributed by atoms with Crippen molar-refractivity contribution in [3.63, 3.8) is 0 Å². The van der Waals surface area contributed by atoms with Crippen LogP contribution in [0.1, 0.15) is 31.7 Å². The highest BCUT2D eigenvalue weighted by molar-refractivity contribution is 6.16. The van der Waals surface area contributed by atoms with Gasteiger partial charge < -0.3 is 9.47 Å². The number of nitrogens with zero attached hydrogens (tertiary/aromatic N) is 4. The summed E-state index contributed by atoms with van der Waals surface area (Å²) in [5.74, 6) is 1.32. The molecule has 4 nitrogen and oxygen atoms in total. The standard InChI is InChI=1S/C15H23ClN4/c1-5-12(3)19(4)6-7-20-14(9-16)18-13-8-11(2)10-17-15(13)20/h8,10,12H,5-7,9H2,1-4H3. The minimum absolute atomic E-state index is 0.419. The minimum Gasteiger partial charge on any atom is -0.310 e. The summed E-state index contributed by atoms with van der Waals surface area (Å²) in [6, 6.07) is 2.65. The van der Waals surface area contributed by atoms with Crippen LogP contribution in [0.5, 0.6) is 0 Å². The van der Waals surface area contributed by atoms with Gasteiger partial charge in [0.05, 0.1) is 5.88 Å². The molecule has 2 aromatic heterocycles. The molecule has 2 rings (SSSR count). The maximum absolute atomic E-state index is 6.02. The molecular weight excluding hydrogens is 272 g/mol. The lowest BCUT2D eigenvalue weighted by atomic mass is 10.2. The zero-order valence-corrected chi connectivity index (χ0v) is 13.5. The quantitative estimate of drug-likeness (QED) is 0.767. The number of aryl methyl sites for hydroxylation is 1. The average Bonchev–Trinajstić information content (AvgIpc) is 2.80. The SMILES string of the molecule is CCC(C)N(C)CCn1c(CCl)nc2cc(C)cnc21. The Balaban J connectivity index is 2.24. The summed E-state index contributed by atoms with van der Waals surface area (Å²) in [5.41, 5.74) is 3.00. The van der Waals surface area contributed by atoms with E-state index in [0.717, 1.165) is 42.1 Å². The first-order valence-corrected chi connectivity index (χ1v) is 7.68. The minimum atomic E-state index is 0.419. The van der Waals surface area contributed by atoms with Crippen LogP contribution in [0, 0.1) is 6.92 Å². The van der Waals surface area contributed by atoms with Crippen LogP contribution < -0.4 is 0 Å². The van der Waals surface area contributed by atoms with Gasteiger partial charge >= 0.3 is 0 Å². The van der Waals surface area contributed by atoms with E-state index in [2.05, 4.69) is 46.4 Å². The Hall–Kier alpha value is -1.13. The number of halogens is 1. The summed E-state index contributed by atoms with van der Waals surface area (Å²) in [4.78, 5) is 11.5. The van der Waals surface area contributed by atoms with E-state index in [1.54, 1.807) is 0 Å². The highest BCUT2D eigenvalue weighted by atomic mass is 35.5. The predicted molar refractivity (Wildman–Crippen MR) is 84.2 cm³/mol. The molecule has 1 atom stereocenters. The lowest BCUT2D eigenvalue weighted by molar-refractivity contribution is 0.242. The maximum Gasteiger partial charge on any atom is 0.160 e. The number of fused-ring (bicyclic) bond motifs is 1. The highest BCUT2D eigenvalue weighted by Crippen LogP contribution is 2.17. The van der Waals surface area contributed by atoms with Crippen molar-refractivity contribution < 1.29 is 0 Å². The monoisotopic (exact) mass is 294 g/mol. The van der Waals surface area contributed by atoms with Crippen molar-refractivity contribution in [1.29, 1.82) is 0 Å². The molecule has 0 aliphatic heterocycles. The summed E-state index contributed by atoms with van der Waals surface area (Å²) in [6.07, 6.45) is 3.04. The van der Waals surface area contributed by atoms with E-state index in [0.29, 0.717) is 11.9 Å². The Labute approximate surface area is 125 Å². The van der Waals surface area contributed by atoms with Crippen molar-refractivity contribution in [3.8, 4) is 0 Å². The van der Waals surface area contributed by atoms with Gasteiger partial charge in [-0.1, -0.05) is 6.92 Å². The largest absolute Gasteiger partial charge is 0.310 e. The summed E-state index contributed by atoms with van der Waals surface area (Å²) in [5, 5.41) is 0. The Kier molecular flexibility index (Phi) is 5.00. The maximum atomic E-state index is 6.02. The summed E-state index contributed by atoms with van der Waals surface area (Å²) < 4.78 is 2.14. The second-order valence-corrected chi connectivity index (χ2v) is 5.67. The first-order chi connectivity index (χ1) is 9.56. The fraction of sp³-hybridized carbons (Fsp3) is 0.600. The first kappa shape index (κ1) is 15.3. The number of hydrogen-bond acceptors (Lipinski definition) is 3. The van der Waals surface area contributed by atoms with E-state index < -0.39 is 0 Å². The van der Waals surface area contributed by atoms with Crippen LogP contribution in [-0.2, 0) is 12.4 Å². The van der Waals surface area contributed by atoms with Gasteiger partial charge in [0.1, 0.15) is 11.3 Å². The lowest BCUT2D eigenvalue weighted by Crippen LogP contribution is -2.31. The molecule has 0 aliphatic rings. The number of imidazole rings is 1. The number of pyridine rings is 1. The Morgan fingerprint density at radius 1 is 1.45 bits per heavy atom. The molecule has 2 heterocycles. The van der Waals surface area contributed by atoms with E-state index >= 15 is 0 Å². The van der Waals surface area contributed by atoms with Crippen LogP contribution in [0.25, 0.3) is 11.2 Å². The van der Waals surface area contributed by atoms with E-state index in [1.165, 1.54) is 0 Å². The van der Waals surface area contributed by atoms with Crippen LogP contribution in [0.4, 0.5) is 0 Å². The van der Waals surface area contributed by atoms with E-state index in [4.69, 9.17) is 11.6 Å². The van der Waals surface area contributed by atoms with Crippen molar-refractivity contribution in [1.82, 2.24) is 19.4 Å². The van der Waals surface area contributed by atoms with Crippen LogP contribution in [0.2, 0.25) is 0 Å². The van der Waals surface area contributed by atoms with E-state index in [-0.39, 0.29) is 0 Å². The van der Waals surface area contributed by atoms with E-state index in [1.807, 2.05) is 13.1 Å². The van der Waals surface area contributed by atoms with Crippen molar-refractivity contribution in [3.05, 3.63) is 23.7 Å². The van der Waals surface area contributed by atoms with Gasteiger partial charge in [-0.3, -0.25) is 0 Å². The predicted octanol–water partition coefficient (Wildman–Crippen LogP) is 3.21. The molecule has 0 aromatic carbocycles. The van der Waals surface area contributed by atoms with Crippen molar-refractivity contribution in [2.75, 3.05) is 13.6 Å². The third kappa shape index (κ3) is 3.13. The topological polar surface area (TPSA) is 34.0 Å². The molecule has 5 heteroatoms. The number of alkyl halides is 1. The molecule has 0 saturated heterocycles. The van der Waals surface area contributed by atoms with Gasteiger partial charge in [0, 0.05) is 25.3 Å². The number of rotatable bonds is 6. The van der Waals surface area contributed by atoms with Gasteiger partial charge in [0.25, 0.3) is 0 Å². The highest BCUT2D eigenvalue weighted by Gasteiger charge is 2.13. The fourth-order valence-electron chi connectivity index (χ4n) is 2.29. The molecule has 0 aliphatic carbocycles. The van der Waals surface area contributed by atoms with Gasteiger partial charge in [0.15, 0.2) is 5.65 Å². The molecule has 0 fully saturated rings. The Morgan fingerprint density at radius 3 is 2.85 bits per heavy atom. The lowest BCUT2D eigenvalue weighted by Gasteiger charge is -2.23. The molecule has 20 heavy (non-hydrogen) atoms. The number of aromatic nitrogens is 3. The Bertz CT molecular complexity index is 579. The molecule has 0 radical (unpaired) electrons. The third-order valence-corrected chi connectivity index (χ3v) is 4.18.